The molecule has 0 heterocycles. The van der Waals surface area contributed by atoms with Crippen LogP contribution in [0.2, 0.25) is 0 Å². The van der Waals surface area contributed by atoms with Gasteiger partial charge in [-0.3, -0.25) is 0 Å². The van der Waals surface area contributed by atoms with Crippen LogP contribution < -0.4 is 0 Å². The number of carbonyl (C=O) groups is 2. The number of ether oxygens (including phenoxy) is 2. The molecule has 10 heteroatoms. The van der Waals surface area contributed by atoms with Crippen LogP contribution in [0.25, 0.3) is 20.9 Å². The van der Waals surface area contributed by atoms with Crippen LogP contribution in [0.5, 0.6) is 0 Å². The molecule has 22 heavy (non-hydrogen) atoms. The Bertz CT molecular complexity index is 653. The summed E-state index contributed by atoms with van der Waals surface area (Å²) in [5, 5.41) is 6.07. The van der Waals surface area contributed by atoms with Crippen LogP contribution in [-0.4, -0.2) is 11.9 Å². The SMILES string of the molecule is [N-]=[N+]=NC=COC(=O)c1ccccc1C(=O)OC=CN=[N+]=[N-]. The first-order valence-electron chi connectivity index (χ1n) is 5.60. The Balaban J connectivity index is 2.88. The monoisotopic (exact) mass is 300 g/mol. The average molecular weight is 300 g/mol. The molecule has 0 saturated carbocycles. The van der Waals surface area contributed by atoms with Crippen LogP contribution in [0.3, 0.4) is 0 Å². The molecule has 1 rings (SSSR count). The van der Waals surface area contributed by atoms with Gasteiger partial charge in [0.1, 0.15) is 0 Å². The van der Waals surface area contributed by atoms with Crippen molar-refractivity contribution in [3.8, 4) is 0 Å². The molecular formula is C12H8N6O4. The lowest BCUT2D eigenvalue weighted by Gasteiger charge is -2.05. The van der Waals surface area contributed by atoms with Gasteiger partial charge in [0.2, 0.25) is 0 Å². The minimum absolute atomic E-state index is 0.0460. The van der Waals surface area contributed by atoms with Crippen LogP contribution in [0.1, 0.15) is 20.7 Å². The second-order valence-corrected chi connectivity index (χ2v) is 3.34. The Hall–Kier alpha value is -3.74. The molecule has 0 saturated heterocycles. The maximum atomic E-state index is 11.8. The lowest BCUT2D eigenvalue weighted by Crippen LogP contribution is -2.10. The third-order valence-corrected chi connectivity index (χ3v) is 2.08. The van der Waals surface area contributed by atoms with E-state index in [4.69, 9.17) is 11.1 Å². The summed E-state index contributed by atoms with van der Waals surface area (Å²) in [6, 6.07) is 5.77. The van der Waals surface area contributed by atoms with Crippen LogP contribution >= 0.6 is 0 Å². The van der Waals surface area contributed by atoms with E-state index in [-0.39, 0.29) is 11.1 Å². The van der Waals surface area contributed by atoms with Gasteiger partial charge in [-0.25, -0.2) is 9.59 Å². The number of carbonyl (C=O) groups excluding carboxylic acids is 2. The average Bonchev–Trinajstić information content (AvgIpc) is 2.55. The summed E-state index contributed by atoms with van der Waals surface area (Å²) in [5.41, 5.74) is 16.0. The Kier molecular flexibility index (Phi) is 6.83. The zero-order valence-electron chi connectivity index (χ0n) is 10.9. The van der Waals surface area contributed by atoms with E-state index in [0.717, 1.165) is 24.9 Å². The molecule has 0 spiro atoms. The molecule has 0 atom stereocenters. The standard InChI is InChI=1S/C12H8N6O4/c13-17-15-5-7-21-11(19)9-3-1-2-4-10(9)12(20)22-8-6-16-18-14/h1-8H. The third-order valence-electron chi connectivity index (χ3n) is 2.08. The summed E-state index contributed by atoms with van der Waals surface area (Å²) in [6.07, 6.45) is 3.63. The quantitative estimate of drug-likeness (QED) is 0.259. The highest BCUT2D eigenvalue weighted by atomic mass is 16.5. The second-order valence-electron chi connectivity index (χ2n) is 3.34. The number of hydrogen-bond donors (Lipinski definition) is 0. The predicted octanol–water partition coefficient (Wildman–Crippen LogP) is 3.56. The maximum Gasteiger partial charge on any atom is 0.343 e. The molecule has 0 unspecified atom stereocenters. The highest BCUT2D eigenvalue weighted by molar-refractivity contribution is 6.03. The van der Waals surface area contributed by atoms with Crippen LogP contribution in [-0.2, 0) is 9.47 Å². The molecule has 110 valence electrons. The third kappa shape index (κ3) is 5.10. The molecule has 0 aliphatic rings. The van der Waals surface area contributed by atoms with Crippen LogP contribution in [0.15, 0.2) is 59.4 Å². The van der Waals surface area contributed by atoms with Crippen LogP contribution in [0.4, 0.5) is 0 Å². The molecule has 10 nitrogen and oxygen atoms in total. The largest absolute Gasteiger partial charge is 0.431 e. The molecule has 0 radical (unpaired) electrons. The Morgan fingerprint density at radius 1 is 0.909 bits per heavy atom. The second kappa shape index (κ2) is 9.21. The number of benzene rings is 1. The summed E-state index contributed by atoms with van der Waals surface area (Å²) in [4.78, 5) is 28.5. The maximum absolute atomic E-state index is 11.8. The van der Waals surface area contributed by atoms with Gasteiger partial charge in [-0.1, -0.05) is 22.4 Å². The molecule has 0 bridgehead atoms. The zero-order chi connectivity index (χ0) is 16.2. The number of rotatable bonds is 6. The summed E-state index contributed by atoms with van der Waals surface area (Å²) in [6.45, 7) is 0. The first-order chi connectivity index (χ1) is 10.7. The molecule has 0 N–H and O–H groups in total. The topological polar surface area (TPSA) is 150 Å². The van der Waals surface area contributed by atoms with Gasteiger partial charge in [-0.05, 0) is 23.2 Å². The number of azide groups is 2. The van der Waals surface area contributed by atoms with Crippen molar-refractivity contribution in [2.24, 2.45) is 10.2 Å². The summed E-state index contributed by atoms with van der Waals surface area (Å²) < 4.78 is 9.37. The fourth-order valence-corrected chi connectivity index (χ4v) is 1.26. The van der Waals surface area contributed by atoms with Crippen LogP contribution in [0, 0.1) is 0 Å². The van der Waals surface area contributed by atoms with Crippen molar-refractivity contribution >= 4 is 11.9 Å². The van der Waals surface area contributed by atoms with Crippen molar-refractivity contribution in [1.82, 2.24) is 0 Å². The lowest BCUT2D eigenvalue weighted by molar-refractivity contribution is 0.0618. The highest BCUT2D eigenvalue weighted by Gasteiger charge is 2.17. The highest BCUT2D eigenvalue weighted by Crippen LogP contribution is 2.12. The normalized spacial score (nSPS) is 9.82. The van der Waals surface area contributed by atoms with E-state index in [2.05, 4.69) is 29.5 Å². The molecule has 1 aromatic carbocycles. The van der Waals surface area contributed by atoms with E-state index in [9.17, 15) is 9.59 Å². The fraction of sp³-hybridized carbons (Fsp3) is 0. The van der Waals surface area contributed by atoms with Crippen molar-refractivity contribution in [3.05, 3.63) is 81.2 Å². The van der Waals surface area contributed by atoms with Gasteiger partial charge >= 0.3 is 11.9 Å². The van der Waals surface area contributed by atoms with Gasteiger partial charge in [-0.2, -0.15) is 0 Å². The minimum Gasteiger partial charge on any atom is -0.431 e. The van der Waals surface area contributed by atoms with E-state index in [1.165, 1.54) is 24.3 Å². The molecule has 0 aliphatic carbocycles. The van der Waals surface area contributed by atoms with Crippen molar-refractivity contribution in [1.29, 1.82) is 0 Å². The van der Waals surface area contributed by atoms with Crippen molar-refractivity contribution in [2.75, 3.05) is 0 Å². The Morgan fingerprint density at radius 3 is 1.68 bits per heavy atom. The molecule has 0 fully saturated rings. The predicted molar refractivity (Wildman–Crippen MR) is 73.8 cm³/mol. The molecular weight excluding hydrogens is 292 g/mol. The smallest absolute Gasteiger partial charge is 0.343 e. The van der Waals surface area contributed by atoms with E-state index in [1.807, 2.05) is 0 Å². The van der Waals surface area contributed by atoms with Crippen molar-refractivity contribution in [3.63, 3.8) is 0 Å². The van der Waals surface area contributed by atoms with Crippen molar-refractivity contribution in [2.45, 2.75) is 0 Å². The van der Waals surface area contributed by atoms with Gasteiger partial charge < -0.3 is 9.47 Å². The Morgan fingerprint density at radius 2 is 1.32 bits per heavy atom. The summed E-state index contributed by atoms with van der Waals surface area (Å²) in [7, 11) is 0. The van der Waals surface area contributed by atoms with Gasteiger partial charge in [0.15, 0.2) is 0 Å². The molecule has 1 aromatic rings. The Labute approximate surface area is 123 Å². The zero-order valence-corrected chi connectivity index (χ0v) is 10.9. The summed E-state index contributed by atoms with van der Waals surface area (Å²) in [5.74, 6) is -1.67. The van der Waals surface area contributed by atoms with Gasteiger partial charge in [0, 0.05) is 22.2 Å². The van der Waals surface area contributed by atoms with E-state index in [0.29, 0.717) is 0 Å². The molecule has 0 amide bonds. The fourth-order valence-electron chi connectivity index (χ4n) is 1.26. The van der Waals surface area contributed by atoms with Gasteiger partial charge in [-0.15, -0.1) is 0 Å². The number of esters is 2. The number of hydrogen-bond acceptors (Lipinski definition) is 6. The van der Waals surface area contributed by atoms with E-state index < -0.39 is 11.9 Å². The first kappa shape index (κ1) is 16.3. The lowest BCUT2D eigenvalue weighted by atomic mass is 10.1. The first-order valence-corrected chi connectivity index (χ1v) is 5.60. The number of nitrogens with zero attached hydrogens (tertiary/aromatic N) is 6. The summed E-state index contributed by atoms with van der Waals surface area (Å²) >= 11 is 0. The van der Waals surface area contributed by atoms with E-state index >= 15 is 0 Å². The molecule has 0 aliphatic heterocycles. The van der Waals surface area contributed by atoms with Crippen molar-refractivity contribution < 1.29 is 19.1 Å². The minimum atomic E-state index is -0.837. The van der Waals surface area contributed by atoms with Gasteiger partial charge in [0.25, 0.3) is 0 Å². The van der Waals surface area contributed by atoms with Gasteiger partial charge in [0.05, 0.1) is 23.7 Å². The van der Waals surface area contributed by atoms with E-state index in [1.54, 1.807) is 0 Å². The molecule has 0 aromatic heterocycles.